The molecule has 0 spiro atoms. The number of aromatic nitrogens is 1. The number of carbonyl (C=O) groups is 2. The van der Waals surface area contributed by atoms with Crippen LogP contribution < -0.4 is 4.74 Å². The number of amides is 1. The summed E-state index contributed by atoms with van der Waals surface area (Å²) >= 11 is 0. The van der Waals surface area contributed by atoms with Crippen LogP contribution in [0.15, 0.2) is 30.3 Å². The van der Waals surface area contributed by atoms with E-state index in [-0.39, 0.29) is 25.0 Å². The van der Waals surface area contributed by atoms with Crippen molar-refractivity contribution >= 4 is 22.8 Å². The number of rotatable bonds is 3. The lowest BCUT2D eigenvalue weighted by Crippen LogP contribution is -2.40. The Morgan fingerprint density at radius 1 is 1.40 bits per heavy atom. The van der Waals surface area contributed by atoms with Crippen molar-refractivity contribution in [3.63, 3.8) is 0 Å². The van der Waals surface area contributed by atoms with Gasteiger partial charge in [-0.1, -0.05) is 18.2 Å². The molecule has 25 heavy (non-hydrogen) atoms. The van der Waals surface area contributed by atoms with E-state index in [1.165, 1.54) is 7.11 Å². The first-order valence-corrected chi connectivity index (χ1v) is 8.09. The first-order chi connectivity index (χ1) is 12.0. The van der Waals surface area contributed by atoms with Gasteiger partial charge in [0.25, 0.3) is 5.91 Å². The zero-order valence-corrected chi connectivity index (χ0v) is 13.8. The van der Waals surface area contributed by atoms with E-state index in [0.29, 0.717) is 30.1 Å². The van der Waals surface area contributed by atoms with Gasteiger partial charge in [0, 0.05) is 30.5 Å². The average molecular weight is 342 g/mol. The lowest BCUT2D eigenvalue weighted by atomic mass is 9.81. The first kappa shape index (κ1) is 15.8. The maximum Gasteiger partial charge on any atom is 0.314 e. The van der Waals surface area contributed by atoms with Crippen molar-refractivity contribution in [3.8, 4) is 5.88 Å². The van der Waals surface area contributed by atoms with Crippen LogP contribution in [0, 0.1) is 11.3 Å². The van der Waals surface area contributed by atoms with Crippen molar-refractivity contribution in [2.75, 3.05) is 33.4 Å². The number of carboxylic acids is 1. The van der Waals surface area contributed by atoms with Crippen molar-refractivity contribution in [1.82, 2.24) is 9.88 Å². The van der Waals surface area contributed by atoms with Gasteiger partial charge >= 0.3 is 5.97 Å². The lowest BCUT2D eigenvalue weighted by molar-refractivity contribution is -0.149. The Morgan fingerprint density at radius 3 is 2.92 bits per heavy atom. The van der Waals surface area contributed by atoms with Gasteiger partial charge in [-0.3, -0.25) is 9.59 Å². The Labute approximate surface area is 144 Å². The second-order valence-corrected chi connectivity index (χ2v) is 6.59. The second-order valence-electron chi connectivity index (χ2n) is 6.59. The van der Waals surface area contributed by atoms with Crippen LogP contribution in [-0.4, -0.2) is 60.3 Å². The highest BCUT2D eigenvalue weighted by Crippen LogP contribution is 2.42. The summed E-state index contributed by atoms with van der Waals surface area (Å²) in [4.78, 5) is 30.9. The molecule has 0 aliphatic carbocycles. The van der Waals surface area contributed by atoms with E-state index in [0.717, 1.165) is 5.39 Å². The fourth-order valence-corrected chi connectivity index (χ4v) is 3.80. The molecule has 0 saturated carbocycles. The highest BCUT2D eigenvalue weighted by atomic mass is 16.5. The van der Waals surface area contributed by atoms with Crippen molar-refractivity contribution in [1.29, 1.82) is 0 Å². The molecule has 1 aromatic heterocycles. The molecule has 1 amide bonds. The molecule has 0 bridgehead atoms. The van der Waals surface area contributed by atoms with Gasteiger partial charge in [0.1, 0.15) is 5.41 Å². The van der Waals surface area contributed by atoms with E-state index in [1.54, 1.807) is 11.0 Å². The fourth-order valence-electron chi connectivity index (χ4n) is 3.80. The van der Waals surface area contributed by atoms with E-state index in [2.05, 4.69) is 4.98 Å². The van der Waals surface area contributed by atoms with Crippen LogP contribution in [0.4, 0.5) is 0 Å². The number of benzene rings is 1. The number of para-hydroxylation sites is 1. The van der Waals surface area contributed by atoms with Gasteiger partial charge in [-0.2, -0.15) is 0 Å². The fraction of sp³-hybridized carbons (Fsp3) is 0.389. The van der Waals surface area contributed by atoms with Gasteiger partial charge < -0.3 is 19.5 Å². The van der Waals surface area contributed by atoms with Gasteiger partial charge in [-0.15, -0.1) is 0 Å². The number of carboxylic acid groups (broad SMARTS) is 1. The van der Waals surface area contributed by atoms with Crippen molar-refractivity contribution in [2.45, 2.75) is 0 Å². The van der Waals surface area contributed by atoms with Gasteiger partial charge in [0.2, 0.25) is 5.88 Å². The molecular weight excluding hydrogens is 324 g/mol. The summed E-state index contributed by atoms with van der Waals surface area (Å²) in [5.41, 5.74) is 0.146. The van der Waals surface area contributed by atoms with Gasteiger partial charge in [-0.25, -0.2) is 4.98 Å². The van der Waals surface area contributed by atoms with E-state index < -0.39 is 11.4 Å². The van der Waals surface area contributed by atoms with Crippen molar-refractivity contribution < 1.29 is 24.2 Å². The monoisotopic (exact) mass is 342 g/mol. The third-order valence-corrected chi connectivity index (χ3v) is 5.22. The minimum Gasteiger partial charge on any atom is -0.481 e. The number of fused-ring (bicyclic) bond motifs is 2. The summed E-state index contributed by atoms with van der Waals surface area (Å²) in [5, 5.41) is 10.4. The largest absolute Gasteiger partial charge is 0.481 e. The summed E-state index contributed by atoms with van der Waals surface area (Å²) < 4.78 is 10.6. The normalized spacial score (nSPS) is 25.2. The molecule has 7 nitrogen and oxygen atoms in total. The number of carbonyl (C=O) groups excluding carboxylic acids is 1. The number of aliphatic carboxylic acids is 1. The third kappa shape index (κ3) is 2.34. The predicted octanol–water partition coefficient (Wildman–Crippen LogP) is 1.42. The number of likely N-dealkylation sites (tertiary alicyclic amines) is 1. The Balaban J connectivity index is 1.73. The number of methoxy groups -OCH3 is 1. The highest BCUT2D eigenvalue weighted by molar-refractivity contribution is 6.06. The quantitative estimate of drug-likeness (QED) is 0.907. The molecule has 2 aromatic rings. The summed E-state index contributed by atoms with van der Waals surface area (Å²) in [6, 6.07) is 8.96. The molecule has 2 aliphatic rings. The number of pyridine rings is 1. The molecule has 130 valence electrons. The molecule has 0 unspecified atom stereocenters. The smallest absolute Gasteiger partial charge is 0.314 e. The first-order valence-electron chi connectivity index (χ1n) is 8.09. The number of hydrogen-bond donors (Lipinski definition) is 1. The molecule has 3 heterocycles. The molecule has 2 aliphatic heterocycles. The van der Waals surface area contributed by atoms with Crippen molar-refractivity contribution in [2.24, 2.45) is 11.3 Å². The van der Waals surface area contributed by atoms with E-state index in [4.69, 9.17) is 9.47 Å². The Bertz CT molecular complexity index is 868. The molecule has 4 rings (SSSR count). The summed E-state index contributed by atoms with van der Waals surface area (Å²) in [5.74, 6) is -0.920. The zero-order chi connectivity index (χ0) is 17.6. The molecule has 2 saturated heterocycles. The van der Waals surface area contributed by atoms with Gasteiger partial charge in [0.15, 0.2) is 0 Å². The molecular formula is C18H18N2O5. The van der Waals surface area contributed by atoms with Crippen LogP contribution in [0.25, 0.3) is 10.9 Å². The highest BCUT2D eigenvalue weighted by Gasteiger charge is 2.57. The van der Waals surface area contributed by atoms with Gasteiger partial charge in [0.05, 0.1) is 31.4 Å². The number of nitrogens with zero attached hydrogens (tertiary/aromatic N) is 2. The molecule has 2 atom stereocenters. The maximum atomic E-state index is 13.1. The standard InChI is InChI=1S/C18H18N2O5/c1-24-15-6-13(12-4-2-3-5-14(12)19-15)16(21)20-7-11-8-25-10-18(11,9-20)17(22)23/h2-6,11H,7-10H2,1H3,(H,22,23)/t11-,18-/m1/s1. The minimum absolute atomic E-state index is 0.150. The summed E-state index contributed by atoms with van der Waals surface area (Å²) in [7, 11) is 1.50. The van der Waals surface area contributed by atoms with Crippen molar-refractivity contribution in [3.05, 3.63) is 35.9 Å². The topological polar surface area (TPSA) is 89.0 Å². The lowest BCUT2D eigenvalue weighted by Gasteiger charge is -2.22. The maximum absolute atomic E-state index is 13.1. The minimum atomic E-state index is -0.997. The number of hydrogen-bond acceptors (Lipinski definition) is 5. The molecule has 7 heteroatoms. The zero-order valence-electron chi connectivity index (χ0n) is 13.8. The predicted molar refractivity (Wildman–Crippen MR) is 88.6 cm³/mol. The van der Waals surface area contributed by atoms with Crippen LogP contribution in [0.2, 0.25) is 0 Å². The Kier molecular flexibility index (Phi) is 3.61. The van der Waals surface area contributed by atoms with Crippen LogP contribution >= 0.6 is 0 Å². The molecule has 0 radical (unpaired) electrons. The Hall–Kier alpha value is -2.67. The van der Waals surface area contributed by atoms with Gasteiger partial charge in [-0.05, 0) is 6.07 Å². The summed E-state index contributed by atoms with van der Waals surface area (Å²) in [6.45, 7) is 1.06. The van der Waals surface area contributed by atoms with Crippen LogP contribution in [-0.2, 0) is 9.53 Å². The number of ether oxygens (including phenoxy) is 2. The van der Waals surface area contributed by atoms with E-state index in [9.17, 15) is 14.7 Å². The molecule has 1 N–H and O–H groups in total. The van der Waals surface area contributed by atoms with Crippen LogP contribution in [0.3, 0.4) is 0 Å². The molecule has 1 aromatic carbocycles. The van der Waals surface area contributed by atoms with Crippen LogP contribution in [0.1, 0.15) is 10.4 Å². The average Bonchev–Trinajstić information content (AvgIpc) is 3.18. The van der Waals surface area contributed by atoms with E-state index >= 15 is 0 Å². The third-order valence-electron chi connectivity index (χ3n) is 5.22. The molecule has 2 fully saturated rings. The van der Waals surface area contributed by atoms with Crippen LogP contribution in [0.5, 0.6) is 5.88 Å². The summed E-state index contributed by atoms with van der Waals surface area (Å²) in [6.07, 6.45) is 0. The SMILES string of the molecule is COc1cc(C(=O)N2C[C@@H]3COC[C@]3(C(=O)O)C2)c2ccccc2n1. The second kappa shape index (κ2) is 5.70. The van der Waals surface area contributed by atoms with E-state index in [1.807, 2.05) is 24.3 Å². The Morgan fingerprint density at radius 2 is 2.20 bits per heavy atom.